The first-order valence-electron chi connectivity index (χ1n) is 5.89. The van der Waals surface area contributed by atoms with Crippen molar-refractivity contribution in [2.24, 2.45) is 5.92 Å². The molecule has 1 aromatic rings. The molecule has 1 fully saturated rings. The molecule has 0 bridgehead atoms. The minimum absolute atomic E-state index is 0.258. The quantitative estimate of drug-likeness (QED) is 0.912. The number of hydrogen-bond donors (Lipinski definition) is 1. The highest BCUT2D eigenvalue weighted by molar-refractivity contribution is 7.89. The van der Waals surface area contributed by atoms with Gasteiger partial charge >= 0.3 is 5.97 Å². The van der Waals surface area contributed by atoms with E-state index < -0.39 is 46.5 Å². The van der Waals surface area contributed by atoms with Gasteiger partial charge in [-0.05, 0) is 24.3 Å². The molecule has 1 N–H and O–H groups in total. The summed E-state index contributed by atoms with van der Waals surface area (Å²) in [4.78, 5) is 10.9. The molecule has 8 heteroatoms. The van der Waals surface area contributed by atoms with E-state index in [2.05, 4.69) is 0 Å². The first-order valence-corrected chi connectivity index (χ1v) is 7.33. The smallest absolute Gasteiger partial charge is 0.322 e. The molecule has 1 aliphatic heterocycles. The average Bonchev–Trinajstić information content (AvgIpc) is 2.67. The second-order valence-corrected chi connectivity index (χ2v) is 6.58. The third-order valence-corrected chi connectivity index (χ3v) is 5.27. The standard InChI is InChI=1S/C12H13F2NO4S/c1-7-10(14)6-15(11(7)12(16)17)20(18,19)9-4-2-8(13)3-5-9/h2-5,7,10-11H,6H2,1H3,(H,16,17)/t7?,10?,11-/m0/s1. The van der Waals surface area contributed by atoms with Crippen LogP contribution < -0.4 is 0 Å². The second-order valence-electron chi connectivity index (χ2n) is 4.69. The fourth-order valence-corrected chi connectivity index (χ4v) is 3.92. The first kappa shape index (κ1) is 14.9. The van der Waals surface area contributed by atoms with Crippen molar-refractivity contribution in [3.63, 3.8) is 0 Å². The van der Waals surface area contributed by atoms with Gasteiger partial charge < -0.3 is 5.11 Å². The number of halogens is 2. The minimum atomic E-state index is -4.17. The predicted octanol–water partition coefficient (Wildman–Crippen LogP) is 1.26. The van der Waals surface area contributed by atoms with Crippen molar-refractivity contribution >= 4 is 16.0 Å². The van der Waals surface area contributed by atoms with Crippen LogP contribution in [0.25, 0.3) is 0 Å². The Morgan fingerprint density at radius 1 is 1.35 bits per heavy atom. The molecule has 0 aromatic heterocycles. The van der Waals surface area contributed by atoms with E-state index in [0.29, 0.717) is 4.31 Å². The zero-order valence-electron chi connectivity index (χ0n) is 10.5. The molecule has 0 radical (unpaired) electrons. The van der Waals surface area contributed by atoms with Gasteiger partial charge in [-0.25, -0.2) is 17.2 Å². The van der Waals surface area contributed by atoms with Crippen molar-refractivity contribution in [2.75, 3.05) is 6.54 Å². The molecule has 1 heterocycles. The molecule has 0 amide bonds. The summed E-state index contributed by atoms with van der Waals surface area (Å²) in [5.41, 5.74) is 0. The molecule has 2 unspecified atom stereocenters. The van der Waals surface area contributed by atoms with Gasteiger partial charge in [-0.15, -0.1) is 0 Å². The van der Waals surface area contributed by atoms with Crippen LogP contribution in [0, 0.1) is 11.7 Å². The molecule has 1 aliphatic rings. The van der Waals surface area contributed by atoms with E-state index in [-0.39, 0.29) is 4.90 Å². The van der Waals surface area contributed by atoms with Crippen LogP contribution in [0.2, 0.25) is 0 Å². The van der Waals surface area contributed by atoms with E-state index in [1.807, 2.05) is 0 Å². The summed E-state index contributed by atoms with van der Waals surface area (Å²) in [7, 11) is -4.17. The number of hydrogen-bond acceptors (Lipinski definition) is 3. The lowest BCUT2D eigenvalue weighted by molar-refractivity contribution is -0.141. The molecule has 5 nitrogen and oxygen atoms in total. The van der Waals surface area contributed by atoms with Crippen LogP contribution in [0.1, 0.15) is 6.92 Å². The van der Waals surface area contributed by atoms with E-state index in [0.717, 1.165) is 24.3 Å². The zero-order chi connectivity index (χ0) is 15.1. The monoisotopic (exact) mass is 305 g/mol. The number of nitrogens with zero attached hydrogens (tertiary/aromatic N) is 1. The van der Waals surface area contributed by atoms with Gasteiger partial charge in [0.15, 0.2) is 0 Å². The molecule has 0 spiro atoms. The summed E-state index contributed by atoms with van der Waals surface area (Å²) >= 11 is 0. The van der Waals surface area contributed by atoms with Crippen molar-refractivity contribution in [1.29, 1.82) is 0 Å². The van der Waals surface area contributed by atoms with Crippen molar-refractivity contribution in [3.8, 4) is 0 Å². The average molecular weight is 305 g/mol. The van der Waals surface area contributed by atoms with E-state index in [1.165, 1.54) is 6.92 Å². The normalized spacial score (nSPS) is 27.6. The van der Waals surface area contributed by atoms with E-state index in [4.69, 9.17) is 5.11 Å². The maximum atomic E-state index is 13.7. The van der Waals surface area contributed by atoms with Crippen LogP contribution >= 0.6 is 0 Å². The highest BCUT2D eigenvalue weighted by atomic mass is 32.2. The maximum absolute atomic E-state index is 13.7. The van der Waals surface area contributed by atoms with Gasteiger partial charge in [0.25, 0.3) is 0 Å². The molecule has 3 atom stereocenters. The topological polar surface area (TPSA) is 74.7 Å². The predicted molar refractivity (Wildman–Crippen MR) is 65.8 cm³/mol. The van der Waals surface area contributed by atoms with Crippen molar-refractivity contribution in [2.45, 2.75) is 24.0 Å². The molecule has 0 aliphatic carbocycles. The number of sulfonamides is 1. The third kappa shape index (κ3) is 2.40. The van der Waals surface area contributed by atoms with Crippen LogP contribution in [0.3, 0.4) is 0 Å². The Kier molecular flexibility index (Phi) is 3.79. The Labute approximate surface area is 114 Å². The summed E-state index contributed by atoms with van der Waals surface area (Å²) in [6.07, 6.45) is -1.55. The molecule has 110 valence electrons. The van der Waals surface area contributed by atoms with Gasteiger partial charge in [-0.1, -0.05) is 6.92 Å². The van der Waals surface area contributed by atoms with Gasteiger partial charge in [0, 0.05) is 12.5 Å². The second kappa shape index (κ2) is 5.10. The van der Waals surface area contributed by atoms with Crippen molar-refractivity contribution in [3.05, 3.63) is 30.1 Å². The molecule has 20 heavy (non-hydrogen) atoms. The largest absolute Gasteiger partial charge is 0.480 e. The summed E-state index contributed by atoms with van der Waals surface area (Å²) in [5.74, 6) is -2.96. The number of benzene rings is 1. The lowest BCUT2D eigenvalue weighted by atomic mass is 10.0. The van der Waals surface area contributed by atoms with Gasteiger partial charge in [0.2, 0.25) is 10.0 Å². The summed E-state index contributed by atoms with van der Waals surface area (Å²) in [5, 5.41) is 9.09. The maximum Gasteiger partial charge on any atom is 0.322 e. The Balaban J connectivity index is 2.43. The lowest BCUT2D eigenvalue weighted by Crippen LogP contribution is -2.42. The zero-order valence-corrected chi connectivity index (χ0v) is 11.3. The Bertz CT molecular complexity index is 617. The molecule has 1 saturated heterocycles. The molecular formula is C12H13F2NO4S. The van der Waals surface area contributed by atoms with Crippen molar-refractivity contribution in [1.82, 2.24) is 4.31 Å². The van der Waals surface area contributed by atoms with E-state index in [9.17, 15) is 22.0 Å². The number of alkyl halides is 1. The molecule has 0 saturated carbocycles. The fraction of sp³-hybridized carbons (Fsp3) is 0.417. The summed E-state index contributed by atoms with van der Waals surface area (Å²) < 4.78 is 51.8. The number of carboxylic acid groups (broad SMARTS) is 1. The minimum Gasteiger partial charge on any atom is -0.480 e. The van der Waals surface area contributed by atoms with Gasteiger partial charge in [-0.2, -0.15) is 4.31 Å². The Morgan fingerprint density at radius 3 is 2.40 bits per heavy atom. The molecular weight excluding hydrogens is 292 g/mol. The van der Waals surface area contributed by atoms with E-state index >= 15 is 0 Å². The lowest BCUT2D eigenvalue weighted by Gasteiger charge is -2.22. The van der Waals surface area contributed by atoms with Crippen LogP contribution in [-0.4, -0.2) is 42.6 Å². The van der Waals surface area contributed by atoms with Crippen LogP contribution in [0.15, 0.2) is 29.2 Å². The number of carboxylic acids is 1. The highest BCUT2D eigenvalue weighted by Gasteiger charge is 2.49. The van der Waals surface area contributed by atoms with E-state index in [1.54, 1.807) is 0 Å². The number of carbonyl (C=O) groups is 1. The fourth-order valence-electron chi connectivity index (χ4n) is 2.25. The van der Waals surface area contributed by atoms with Gasteiger partial charge in [0.1, 0.15) is 18.0 Å². The van der Waals surface area contributed by atoms with Crippen LogP contribution in [-0.2, 0) is 14.8 Å². The van der Waals surface area contributed by atoms with Gasteiger partial charge in [0.05, 0.1) is 4.90 Å². The molecule has 2 rings (SSSR count). The first-order chi connectivity index (χ1) is 9.25. The molecule has 1 aromatic carbocycles. The van der Waals surface area contributed by atoms with Crippen molar-refractivity contribution < 1.29 is 27.1 Å². The van der Waals surface area contributed by atoms with Crippen LogP contribution in [0.5, 0.6) is 0 Å². The SMILES string of the molecule is CC1C(F)CN(S(=O)(=O)c2ccc(F)cc2)[C@@H]1C(=O)O. The van der Waals surface area contributed by atoms with Gasteiger partial charge in [-0.3, -0.25) is 4.79 Å². The summed E-state index contributed by atoms with van der Waals surface area (Å²) in [6, 6.07) is 2.50. The Morgan fingerprint density at radius 2 is 1.90 bits per heavy atom. The Hall–Kier alpha value is -1.54. The number of aliphatic carboxylic acids is 1. The number of rotatable bonds is 3. The van der Waals surface area contributed by atoms with Crippen LogP contribution in [0.4, 0.5) is 8.78 Å². The third-order valence-electron chi connectivity index (χ3n) is 3.41. The summed E-state index contributed by atoms with van der Waals surface area (Å²) in [6.45, 7) is 0.835. The highest BCUT2D eigenvalue weighted by Crippen LogP contribution is 2.32.